The lowest BCUT2D eigenvalue weighted by Crippen LogP contribution is -2.37. The Balaban J connectivity index is 1.52. The Labute approximate surface area is 194 Å². The van der Waals surface area contributed by atoms with Crippen molar-refractivity contribution in [3.05, 3.63) is 84.4 Å². The highest BCUT2D eigenvalue weighted by molar-refractivity contribution is 6.23. The zero-order valence-corrected chi connectivity index (χ0v) is 18.0. The van der Waals surface area contributed by atoms with Crippen LogP contribution < -0.4 is 19.4 Å². The summed E-state index contributed by atoms with van der Waals surface area (Å²) in [4.78, 5) is 34.1. The fourth-order valence-electron chi connectivity index (χ4n) is 4.38. The lowest BCUT2D eigenvalue weighted by molar-refractivity contribution is -0.126. The number of ether oxygens (including phenoxy) is 2. The number of hydrogen-bond donors (Lipinski definition) is 0. The molecule has 0 bridgehead atoms. The van der Waals surface area contributed by atoms with E-state index in [-0.39, 0.29) is 5.75 Å². The number of anilines is 2. The predicted molar refractivity (Wildman–Crippen MR) is 119 cm³/mol. The van der Waals surface area contributed by atoms with Gasteiger partial charge in [-0.05, 0) is 54.1 Å². The molecule has 174 valence electrons. The van der Waals surface area contributed by atoms with Crippen molar-refractivity contribution < 1.29 is 32.7 Å². The minimum Gasteiger partial charge on any atom is -0.497 e. The molecule has 5 rings (SSSR count). The van der Waals surface area contributed by atoms with Gasteiger partial charge in [0, 0.05) is 0 Å². The van der Waals surface area contributed by atoms with E-state index in [0.717, 1.165) is 4.90 Å². The van der Waals surface area contributed by atoms with Crippen molar-refractivity contribution in [3.8, 4) is 11.5 Å². The van der Waals surface area contributed by atoms with Crippen LogP contribution in [0, 0.1) is 5.92 Å². The summed E-state index contributed by atoms with van der Waals surface area (Å²) in [7, 11) is 1.53. The summed E-state index contributed by atoms with van der Waals surface area (Å²) in [6, 6.07) is 21.0. The molecule has 0 saturated carbocycles. The number of halogens is 2. The molecule has 2 saturated heterocycles. The number of hydroxylamine groups is 1. The summed E-state index contributed by atoms with van der Waals surface area (Å²) in [5, 5.41) is 1.54. The topological polar surface area (TPSA) is 68.3 Å². The molecule has 0 unspecified atom stereocenters. The molecule has 2 aliphatic heterocycles. The van der Waals surface area contributed by atoms with E-state index in [1.807, 2.05) is 18.2 Å². The number of nitrogens with zero attached hydrogens (tertiary/aromatic N) is 2. The third-order valence-electron chi connectivity index (χ3n) is 5.90. The highest BCUT2D eigenvalue weighted by atomic mass is 19.3. The Morgan fingerprint density at radius 3 is 2.09 bits per heavy atom. The van der Waals surface area contributed by atoms with Crippen LogP contribution in [0.1, 0.15) is 11.6 Å². The van der Waals surface area contributed by atoms with Crippen LogP contribution in [0.25, 0.3) is 0 Å². The van der Waals surface area contributed by atoms with Gasteiger partial charge in [0.1, 0.15) is 17.4 Å². The lowest BCUT2D eigenvalue weighted by atomic mass is 9.90. The lowest BCUT2D eigenvalue weighted by Gasteiger charge is -2.28. The van der Waals surface area contributed by atoms with Gasteiger partial charge >= 0.3 is 6.61 Å². The van der Waals surface area contributed by atoms with Crippen LogP contribution in [-0.2, 0) is 14.4 Å². The normalized spacial score (nSPS) is 21.8. The molecule has 9 heteroatoms. The first-order valence-electron chi connectivity index (χ1n) is 10.6. The number of carbonyl (C=O) groups is 2. The summed E-state index contributed by atoms with van der Waals surface area (Å²) >= 11 is 0. The molecule has 7 nitrogen and oxygen atoms in total. The van der Waals surface area contributed by atoms with Crippen LogP contribution in [0.4, 0.5) is 20.2 Å². The number of amides is 2. The maximum absolute atomic E-state index is 13.6. The standard InChI is InChI=1S/C25H20F2N2O5/c1-32-18-13-9-16(10-14-18)28-23(30)20-21(15-7-11-19(12-8-15)33-25(26)27)29(34-22(20)24(28)31)17-5-3-2-4-6-17/h2-14,20-22,25H,1H3/t20-,21-,22+/m0/s1. The van der Waals surface area contributed by atoms with Crippen LogP contribution >= 0.6 is 0 Å². The van der Waals surface area contributed by atoms with Crippen molar-refractivity contribution in [2.75, 3.05) is 17.1 Å². The summed E-state index contributed by atoms with van der Waals surface area (Å²) in [6.45, 7) is -2.95. The monoisotopic (exact) mass is 466 g/mol. The van der Waals surface area contributed by atoms with Crippen LogP contribution in [-0.4, -0.2) is 31.6 Å². The highest BCUT2D eigenvalue weighted by Crippen LogP contribution is 2.47. The van der Waals surface area contributed by atoms with E-state index in [1.165, 1.54) is 19.2 Å². The Bertz CT molecular complexity index is 1190. The number of imide groups is 1. The average Bonchev–Trinajstić information content (AvgIpc) is 3.36. The molecule has 2 amide bonds. The molecule has 3 aromatic carbocycles. The largest absolute Gasteiger partial charge is 0.497 e. The van der Waals surface area contributed by atoms with Crippen molar-refractivity contribution >= 4 is 23.2 Å². The van der Waals surface area contributed by atoms with Gasteiger partial charge < -0.3 is 9.47 Å². The molecular formula is C25H20F2N2O5. The number of carbonyl (C=O) groups excluding carboxylic acids is 2. The van der Waals surface area contributed by atoms with E-state index < -0.39 is 36.5 Å². The molecule has 34 heavy (non-hydrogen) atoms. The third-order valence-corrected chi connectivity index (χ3v) is 5.90. The zero-order valence-electron chi connectivity index (χ0n) is 18.0. The number of rotatable bonds is 6. The molecule has 2 fully saturated rings. The van der Waals surface area contributed by atoms with Crippen molar-refractivity contribution in [1.29, 1.82) is 0 Å². The first-order chi connectivity index (χ1) is 16.5. The molecule has 2 heterocycles. The predicted octanol–water partition coefficient (Wildman–Crippen LogP) is 4.35. The zero-order chi connectivity index (χ0) is 23.8. The highest BCUT2D eigenvalue weighted by Gasteiger charge is 2.60. The van der Waals surface area contributed by atoms with Gasteiger partial charge in [-0.25, -0.2) is 9.96 Å². The van der Waals surface area contributed by atoms with E-state index in [4.69, 9.17) is 9.57 Å². The fraction of sp³-hybridized carbons (Fsp3) is 0.200. The Morgan fingerprint density at radius 2 is 1.47 bits per heavy atom. The second-order valence-corrected chi connectivity index (χ2v) is 7.82. The van der Waals surface area contributed by atoms with Gasteiger partial charge in [-0.2, -0.15) is 8.78 Å². The van der Waals surface area contributed by atoms with Crippen LogP contribution in [0.15, 0.2) is 78.9 Å². The number of fused-ring (bicyclic) bond motifs is 1. The van der Waals surface area contributed by atoms with Gasteiger partial charge in [0.05, 0.1) is 24.5 Å². The van der Waals surface area contributed by atoms with Gasteiger partial charge in [0.25, 0.3) is 5.91 Å². The minimum absolute atomic E-state index is 0.00541. The molecule has 0 N–H and O–H groups in total. The molecule has 3 atom stereocenters. The van der Waals surface area contributed by atoms with Gasteiger partial charge in [-0.1, -0.05) is 30.3 Å². The first kappa shape index (κ1) is 21.8. The maximum Gasteiger partial charge on any atom is 0.387 e. The number of hydrogen-bond acceptors (Lipinski definition) is 6. The number of para-hydroxylation sites is 1. The SMILES string of the molecule is COc1ccc(N2C(=O)[C@@H]3[C@@H](ON(c4ccccc4)[C@H]3c3ccc(OC(F)F)cc3)C2=O)cc1. The Hall–Kier alpha value is -3.98. The van der Waals surface area contributed by atoms with Crippen molar-refractivity contribution in [2.24, 2.45) is 5.92 Å². The summed E-state index contributed by atoms with van der Waals surface area (Å²) < 4.78 is 34.8. The Kier molecular flexibility index (Phi) is 5.62. The van der Waals surface area contributed by atoms with Gasteiger partial charge in [-0.15, -0.1) is 0 Å². The van der Waals surface area contributed by atoms with E-state index in [0.29, 0.717) is 22.7 Å². The van der Waals surface area contributed by atoms with E-state index in [9.17, 15) is 18.4 Å². The third kappa shape index (κ3) is 3.73. The van der Waals surface area contributed by atoms with Gasteiger partial charge in [-0.3, -0.25) is 14.4 Å². The minimum atomic E-state index is -2.95. The Morgan fingerprint density at radius 1 is 0.824 bits per heavy atom. The molecule has 0 spiro atoms. The van der Waals surface area contributed by atoms with Crippen molar-refractivity contribution in [1.82, 2.24) is 0 Å². The van der Waals surface area contributed by atoms with Crippen LogP contribution in [0.3, 0.4) is 0 Å². The van der Waals surface area contributed by atoms with Crippen LogP contribution in [0.2, 0.25) is 0 Å². The smallest absolute Gasteiger partial charge is 0.387 e. The van der Waals surface area contributed by atoms with Gasteiger partial charge in [0.2, 0.25) is 5.91 Å². The number of alkyl halides is 2. The van der Waals surface area contributed by atoms with Crippen LogP contribution in [0.5, 0.6) is 11.5 Å². The molecule has 0 aromatic heterocycles. The second-order valence-electron chi connectivity index (χ2n) is 7.82. The molecule has 0 aliphatic carbocycles. The number of benzene rings is 3. The van der Waals surface area contributed by atoms with E-state index >= 15 is 0 Å². The van der Waals surface area contributed by atoms with E-state index in [2.05, 4.69) is 4.74 Å². The van der Waals surface area contributed by atoms with Crippen molar-refractivity contribution in [3.63, 3.8) is 0 Å². The quantitative estimate of drug-likeness (QED) is 0.504. The molecule has 3 aromatic rings. The maximum atomic E-state index is 13.6. The summed E-state index contributed by atoms with van der Waals surface area (Å²) in [5.41, 5.74) is 1.70. The second kappa shape index (κ2) is 8.75. The summed E-state index contributed by atoms with van der Waals surface area (Å²) in [6.07, 6.45) is -1.03. The van der Waals surface area contributed by atoms with Gasteiger partial charge in [0.15, 0.2) is 6.10 Å². The molecule has 2 aliphatic rings. The molecular weight excluding hydrogens is 446 g/mol. The average molecular weight is 466 g/mol. The van der Waals surface area contributed by atoms with E-state index in [1.54, 1.807) is 53.6 Å². The number of methoxy groups -OCH3 is 1. The fourth-order valence-corrected chi connectivity index (χ4v) is 4.38. The molecule has 0 radical (unpaired) electrons. The first-order valence-corrected chi connectivity index (χ1v) is 10.6. The summed E-state index contributed by atoms with van der Waals surface area (Å²) in [5.74, 6) is -1.12. The van der Waals surface area contributed by atoms with Crippen molar-refractivity contribution in [2.45, 2.75) is 18.8 Å².